The molecule has 0 atom stereocenters. The first-order chi connectivity index (χ1) is 9.15. The Bertz CT molecular complexity index is 554. The van der Waals surface area contributed by atoms with E-state index in [0.717, 1.165) is 0 Å². The molecule has 0 unspecified atom stereocenters. The number of nitrogens with zero attached hydrogens (tertiary/aromatic N) is 2. The van der Waals surface area contributed by atoms with Gasteiger partial charge in [-0.25, -0.2) is 9.97 Å². The minimum atomic E-state index is -0.185. The molecule has 5 nitrogen and oxygen atoms in total. The van der Waals surface area contributed by atoms with Gasteiger partial charge >= 0.3 is 0 Å². The second-order valence-electron chi connectivity index (χ2n) is 4.41. The predicted octanol–water partition coefficient (Wildman–Crippen LogP) is 2.55. The van der Waals surface area contributed by atoms with Crippen LogP contribution in [-0.2, 0) is 0 Å². The molecule has 1 heterocycles. The van der Waals surface area contributed by atoms with E-state index in [0.29, 0.717) is 17.2 Å². The molecule has 0 radical (unpaired) electrons. The fourth-order valence-electron chi connectivity index (χ4n) is 1.58. The largest absolute Gasteiger partial charge is 0.368 e. The van der Waals surface area contributed by atoms with Crippen LogP contribution >= 0.6 is 0 Å². The molecule has 0 aliphatic rings. The van der Waals surface area contributed by atoms with E-state index in [9.17, 15) is 4.79 Å². The van der Waals surface area contributed by atoms with Crippen molar-refractivity contribution in [2.75, 3.05) is 10.6 Å². The topological polar surface area (TPSA) is 66.9 Å². The number of rotatable bonds is 4. The van der Waals surface area contributed by atoms with E-state index in [4.69, 9.17) is 0 Å². The van der Waals surface area contributed by atoms with Crippen LogP contribution in [0.4, 0.5) is 11.6 Å². The highest BCUT2D eigenvalue weighted by Crippen LogP contribution is 2.11. The normalized spacial score (nSPS) is 10.3. The van der Waals surface area contributed by atoms with E-state index in [1.54, 1.807) is 18.2 Å². The van der Waals surface area contributed by atoms with E-state index in [2.05, 4.69) is 20.6 Å². The van der Waals surface area contributed by atoms with Gasteiger partial charge in [-0.3, -0.25) is 4.79 Å². The summed E-state index contributed by atoms with van der Waals surface area (Å²) >= 11 is 0. The molecule has 0 aliphatic heterocycles. The van der Waals surface area contributed by atoms with Crippen molar-refractivity contribution in [2.24, 2.45) is 0 Å². The Hall–Kier alpha value is -2.43. The molecule has 0 aliphatic carbocycles. The van der Waals surface area contributed by atoms with Crippen molar-refractivity contribution in [1.29, 1.82) is 0 Å². The molecule has 0 spiro atoms. The summed E-state index contributed by atoms with van der Waals surface area (Å²) in [5.41, 5.74) is 0.597. The highest BCUT2D eigenvalue weighted by molar-refractivity contribution is 6.03. The quantitative estimate of drug-likeness (QED) is 0.882. The number of nitrogens with one attached hydrogen (secondary N) is 2. The van der Waals surface area contributed by atoms with Crippen molar-refractivity contribution < 1.29 is 4.79 Å². The summed E-state index contributed by atoms with van der Waals surface area (Å²) in [5.74, 6) is 0.982. The number of benzene rings is 1. The molecule has 1 amide bonds. The Kier molecular flexibility index (Phi) is 4.07. The second kappa shape index (κ2) is 5.95. The summed E-state index contributed by atoms with van der Waals surface area (Å²) in [6.07, 6.45) is 1.42. The zero-order valence-electron chi connectivity index (χ0n) is 10.9. The average Bonchev–Trinajstić information content (AvgIpc) is 2.39. The standard InChI is InChI=1S/C14H16N4O/c1-10(2)17-12-8-13(16-9-15-12)18-14(19)11-6-4-3-5-7-11/h3-10H,1-2H3,(H2,15,16,17,18,19). The second-order valence-corrected chi connectivity index (χ2v) is 4.41. The Morgan fingerprint density at radius 2 is 1.79 bits per heavy atom. The summed E-state index contributed by atoms with van der Waals surface area (Å²) < 4.78 is 0. The first-order valence-corrected chi connectivity index (χ1v) is 6.10. The van der Waals surface area contributed by atoms with Crippen LogP contribution in [0.15, 0.2) is 42.7 Å². The third-order valence-electron chi connectivity index (χ3n) is 2.38. The van der Waals surface area contributed by atoms with Crippen LogP contribution in [0.2, 0.25) is 0 Å². The Labute approximate surface area is 112 Å². The molecule has 98 valence electrons. The maximum absolute atomic E-state index is 12.0. The molecule has 2 N–H and O–H groups in total. The van der Waals surface area contributed by atoms with Crippen LogP contribution < -0.4 is 10.6 Å². The molecule has 2 aromatic rings. The minimum Gasteiger partial charge on any atom is -0.368 e. The lowest BCUT2D eigenvalue weighted by molar-refractivity contribution is 0.102. The van der Waals surface area contributed by atoms with Gasteiger partial charge in [0.25, 0.3) is 5.91 Å². The van der Waals surface area contributed by atoms with Gasteiger partial charge in [0, 0.05) is 17.7 Å². The SMILES string of the molecule is CC(C)Nc1cc(NC(=O)c2ccccc2)ncn1. The van der Waals surface area contributed by atoms with E-state index in [1.807, 2.05) is 32.0 Å². The van der Waals surface area contributed by atoms with Crippen molar-refractivity contribution in [3.05, 3.63) is 48.3 Å². The highest BCUT2D eigenvalue weighted by atomic mass is 16.1. The van der Waals surface area contributed by atoms with Gasteiger partial charge in [-0.05, 0) is 26.0 Å². The first-order valence-electron chi connectivity index (χ1n) is 6.10. The molecule has 0 fully saturated rings. The summed E-state index contributed by atoms with van der Waals surface area (Å²) in [4.78, 5) is 20.1. The Balaban J connectivity index is 2.09. The average molecular weight is 256 g/mol. The highest BCUT2D eigenvalue weighted by Gasteiger charge is 2.07. The van der Waals surface area contributed by atoms with Crippen LogP contribution in [0.25, 0.3) is 0 Å². The third-order valence-corrected chi connectivity index (χ3v) is 2.38. The lowest BCUT2D eigenvalue weighted by atomic mass is 10.2. The van der Waals surface area contributed by atoms with Crippen molar-refractivity contribution in [2.45, 2.75) is 19.9 Å². The van der Waals surface area contributed by atoms with Gasteiger partial charge < -0.3 is 10.6 Å². The van der Waals surface area contributed by atoms with Crippen molar-refractivity contribution in [3.8, 4) is 0 Å². The van der Waals surface area contributed by atoms with Gasteiger partial charge in [-0.1, -0.05) is 18.2 Å². The number of aromatic nitrogens is 2. The summed E-state index contributed by atoms with van der Waals surface area (Å²) in [6.45, 7) is 4.04. The molecule has 2 rings (SSSR count). The lowest BCUT2D eigenvalue weighted by Crippen LogP contribution is -2.15. The number of amides is 1. The maximum atomic E-state index is 12.0. The summed E-state index contributed by atoms with van der Waals surface area (Å²) in [5, 5.41) is 5.90. The lowest BCUT2D eigenvalue weighted by Gasteiger charge is -2.10. The molecule has 5 heteroatoms. The van der Waals surface area contributed by atoms with Crippen LogP contribution in [0.5, 0.6) is 0 Å². The molecule has 0 saturated carbocycles. The van der Waals surface area contributed by atoms with Crippen molar-refractivity contribution >= 4 is 17.5 Å². The van der Waals surface area contributed by atoms with E-state index in [-0.39, 0.29) is 11.9 Å². The van der Waals surface area contributed by atoms with E-state index < -0.39 is 0 Å². The Morgan fingerprint density at radius 1 is 1.11 bits per heavy atom. The van der Waals surface area contributed by atoms with E-state index in [1.165, 1.54) is 6.33 Å². The number of hydrogen-bond donors (Lipinski definition) is 2. The maximum Gasteiger partial charge on any atom is 0.256 e. The van der Waals surface area contributed by atoms with Crippen LogP contribution in [0, 0.1) is 0 Å². The number of hydrogen-bond acceptors (Lipinski definition) is 4. The third kappa shape index (κ3) is 3.77. The molecular weight excluding hydrogens is 240 g/mol. The monoisotopic (exact) mass is 256 g/mol. The number of anilines is 2. The molecule has 1 aromatic heterocycles. The van der Waals surface area contributed by atoms with Gasteiger partial charge in [0.05, 0.1) is 0 Å². The van der Waals surface area contributed by atoms with Crippen LogP contribution in [0.3, 0.4) is 0 Å². The number of carbonyl (C=O) groups is 1. The molecular formula is C14H16N4O. The van der Waals surface area contributed by atoms with E-state index >= 15 is 0 Å². The van der Waals surface area contributed by atoms with Crippen molar-refractivity contribution in [1.82, 2.24) is 9.97 Å². The molecule has 19 heavy (non-hydrogen) atoms. The minimum absolute atomic E-state index is 0.185. The molecule has 0 saturated heterocycles. The summed E-state index contributed by atoms with van der Waals surface area (Å²) in [7, 11) is 0. The van der Waals surface area contributed by atoms with Crippen LogP contribution in [0.1, 0.15) is 24.2 Å². The van der Waals surface area contributed by atoms with Gasteiger partial charge in [-0.2, -0.15) is 0 Å². The van der Waals surface area contributed by atoms with Gasteiger partial charge in [0.1, 0.15) is 18.0 Å². The Morgan fingerprint density at radius 3 is 2.47 bits per heavy atom. The zero-order chi connectivity index (χ0) is 13.7. The summed E-state index contributed by atoms with van der Waals surface area (Å²) in [6, 6.07) is 11.0. The van der Waals surface area contributed by atoms with Crippen molar-refractivity contribution in [3.63, 3.8) is 0 Å². The van der Waals surface area contributed by atoms with Crippen LogP contribution in [-0.4, -0.2) is 21.9 Å². The predicted molar refractivity (Wildman–Crippen MR) is 75.2 cm³/mol. The smallest absolute Gasteiger partial charge is 0.256 e. The zero-order valence-corrected chi connectivity index (χ0v) is 10.9. The fraction of sp³-hybridized carbons (Fsp3) is 0.214. The first kappa shape index (κ1) is 13.0. The molecule has 0 bridgehead atoms. The van der Waals surface area contributed by atoms with Gasteiger partial charge in [0.2, 0.25) is 0 Å². The van der Waals surface area contributed by atoms with Gasteiger partial charge in [-0.15, -0.1) is 0 Å². The molecule has 1 aromatic carbocycles. The number of carbonyl (C=O) groups excluding carboxylic acids is 1. The van der Waals surface area contributed by atoms with Gasteiger partial charge in [0.15, 0.2) is 0 Å². The fourth-order valence-corrected chi connectivity index (χ4v) is 1.58.